The maximum Gasteiger partial charge on any atom is 0.326 e. The number of hydrogen-bond acceptors (Lipinski definition) is 12. The van der Waals surface area contributed by atoms with Crippen LogP contribution in [0.4, 0.5) is 0 Å². The topological polar surface area (TPSA) is 362 Å². The normalized spacial score (nSPS) is 16.7. The molecule has 0 unspecified atom stereocenters. The number of hydrogen-bond donors (Lipinski definition) is 14. The molecule has 9 atom stereocenters. The molecule has 1 saturated heterocycles. The van der Waals surface area contributed by atoms with Crippen molar-refractivity contribution < 1.29 is 48.3 Å². The molecule has 0 spiro atoms. The lowest BCUT2D eigenvalue weighted by molar-refractivity contribution is -0.142. The summed E-state index contributed by atoms with van der Waals surface area (Å²) < 4.78 is 0. The summed E-state index contributed by atoms with van der Waals surface area (Å²) in [5, 5.41) is 34.9. The second-order valence-corrected chi connectivity index (χ2v) is 20.3. The molecular formula is C49H79N13O10S. The van der Waals surface area contributed by atoms with Crippen molar-refractivity contribution in [3.63, 3.8) is 0 Å². The van der Waals surface area contributed by atoms with Crippen LogP contribution in [0.15, 0.2) is 35.5 Å². The van der Waals surface area contributed by atoms with Crippen LogP contribution in [-0.2, 0) is 49.6 Å². The minimum Gasteiger partial charge on any atom is -0.480 e. The van der Waals surface area contributed by atoms with Crippen molar-refractivity contribution in [1.29, 1.82) is 0 Å². The lowest BCUT2D eigenvalue weighted by Crippen LogP contribution is -2.60. The number of H-pyrrole nitrogens is 1. The fourth-order valence-corrected chi connectivity index (χ4v) is 8.40. The van der Waals surface area contributed by atoms with Crippen LogP contribution in [0.5, 0.6) is 0 Å². The van der Waals surface area contributed by atoms with E-state index in [2.05, 4.69) is 70.5 Å². The molecule has 406 valence electrons. The second kappa shape index (κ2) is 29.9. The summed E-state index contributed by atoms with van der Waals surface area (Å²) in [4.78, 5) is 128. The van der Waals surface area contributed by atoms with Gasteiger partial charge in [-0.1, -0.05) is 59.7 Å². The average Bonchev–Trinajstić information content (AvgIpc) is 4.01. The van der Waals surface area contributed by atoms with Crippen LogP contribution in [0.1, 0.15) is 106 Å². The number of guanidine groups is 1. The Bertz CT molecular complexity index is 2240. The predicted molar refractivity (Wildman–Crippen MR) is 280 cm³/mol. The number of carboxylic acids is 1. The number of carbonyl (C=O) groups is 9. The highest BCUT2D eigenvalue weighted by molar-refractivity contribution is 7.80. The monoisotopic (exact) mass is 1040 g/mol. The molecule has 0 aliphatic carbocycles. The first-order valence-electron chi connectivity index (χ1n) is 25.0. The van der Waals surface area contributed by atoms with E-state index in [0.717, 1.165) is 17.3 Å². The molecule has 23 nitrogen and oxygen atoms in total. The minimum absolute atomic E-state index is 0.0289. The third-order valence-corrected chi connectivity index (χ3v) is 12.4. The molecule has 1 fully saturated rings. The second-order valence-electron chi connectivity index (χ2n) is 19.9. The number of aliphatic imine (C=N–C) groups is 1. The van der Waals surface area contributed by atoms with Gasteiger partial charge in [-0.3, -0.25) is 43.3 Å². The minimum atomic E-state index is -1.30. The number of aliphatic carboxylic acids is 1. The summed E-state index contributed by atoms with van der Waals surface area (Å²) >= 11 is 4.28. The molecule has 8 amide bonds. The largest absolute Gasteiger partial charge is 0.480 e. The highest BCUT2D eigenvalue weighted by atomic mass is 32.1. The predicted octanol–water partition coefficient (Wildman–Crippen LogP) is -0.413. The highest BCUT2D eigenvalue weighted by Crippen LogP contribution is 2.20. The maximum absolute atomic E-state index is 13.9. The van der Waals surface area contributed by atoms with Gasteiger partial charge in [-0.25, -0.2) is 4.79 Å². The van der Waals surface area contributed by atoms with Crippen LogP contribution in [0.25, 0.3) is 10.9 Å². The first kappa shape index (κ1) is 60.9. The molecule has 1 aromatic heterocycles. The summed E-state index contributed by atoms with van der Waals surface area (Å²) in [6.07, 6.45) is 3.94. The zero-order chi connectivity index (χ0) is 54.5. The molecule has 1 aromatic carbocycles. The van der Waals surface area contributed by atoms with E-state index in [0.29, 0.717) is 24.9 Å². The first-order valence-corrected chi connectivity index (χ1v) is 25.6. The standard InChI is InChI=1S/C49H79N13O10S/c1-25(2)19-35(59-42(65)33-15-11-17-52-33)44(67)60-36(20-26(3)4)45(68)62-39(24-73)47(70)56-28(7)40(63)57-34(16-12-18-53-49(50)51)43(66)55-29(8)41(64)58-37(46(69)61-38(48(71)72)21-27(5)6)22-30-23-54-32-14-10-9-13-31(30)32/h9-10,13-14,23,25-29,33-39,52,54,73H,11-12,15-22,24H2,1-8H3,(H,55,66)(H,56,70)(H,57,63)(H,58,64)(H,59,65)(H,60,67)(H,61,69)(H,62,68)(H,71,72)(H4,50,51,53)/t28-,29-,33-,34-,35-,36-,37-,38-,39-/m0/s1. The maximum atomic E-state index is 13.9. The lowest BCUT2D eigenvalue weighted by Gasteiger charge is -2.27. The molecule has 1 aliphatic rings. The molecule has 0 radical (unpaired) electrons. The van der Waals surface area contributed by atoms with E-state index < -0.39 is 102 Å². The van der Waals surface area contributed by atoms with Crippen LogP contribution in [0, 0.1) is 17.8 Å². The smallest absolute Gasteiger partial charge is 0.326 e. The molecule has 0 saturated carbocycles. The zero-order valence-corrected chi connectivity index (χ0v) is 44.2. The van der Waals surface area contributed by atoms with Gasteiger partial charge >= 0.3 is 5.97 Å². The number of aromatic amines is 1. The Labute approximate surface area is 432 Å². The summed E-state index contributed by atoms with van der Waals surface area (Å²) in [6, 6.07) is -2.76. The van der Waals surface area contributed by atoms with Crippen molar-refractivity contribution in [3.8, 4) is 0 Å². The highest BCUT2D eigenvalue weighted by Gasteiger charge is 2.35. The Morgan fingerprint density at radius 2 is 1.12 bits per heavy atom. The van der Waals surface area contributed by atoms with Gasteiger partial charge in [0.05, 0.1) is 6.04 Å². The van der Waals surface area contributed by atoms with Crippen molar-refractivity contribution in [2.24, 2.45) is 34.2 Å². The van der Waals surface area contributed by atoms with E-state index in [1.54, 1.807) is 6.20 Å². The van der Waals surface area contributed by atoms with E-state index in [1.165, 1.54) is 13.8 Å². The van der Waals surface area contributed by atoms with Crippen LogP contribution in [0.2, 0.25) is 0 Å². The van der Waals surface area contributed by atoms with Gasteiger partial charge in [-0.2, -0.15) is 12.6 Å². The number of amides is 8. The van der Waals surface area contributed by atoms with Gasteiger partial charge in [0, 0.05) is 35.8 Å². The lowest BCUT2D eigenvalue weighted by atomic mass is 9.99. The van der Waals surface area contributed by atoms with Crippen LogP contribution in [-0.4, -0.2) is 142 Å². The van der Waals surface area contributed by atoms with Crippen LogP contribution >= 0.6 is 12.6 Å². The quantitative estimate of drug-likeness (QED) is 0.0205. The van der Waals surface area contributed by atoms with Gasteiger partial charge in [0.25, 0.3) is 0 Å². The number of fused-ring (bicyclic) bond motifs is 1. The summed E-state index contributed by atoms with van der Waals surface area (Å²) in [6.45, 7) is 14.7. The summed E-state index contributed by atoms with van der Waals surface area (Å²) in [5.74, 6) is -7.23. The molecule has 24 heteroatoms. The van der Waals surface area contributed by atoms with Crippen LogP contribution < -0.4 is 59.3 Å². The first-order chi connectivity index (χ1) is 34.4. The van der Waals surface area contributed by atoms with Gasteiger partial charge < -0.3 is 69.4 Å². The van der Waals surface area contributed by atoms with Crippen molar-refractivity contribution in [2.45, 2.75) is 161 Å². The Hall–Kier alpha value is -6.43. The molecule has 1 aliphatic heterocycles. The van der Waals surface area contributed by atoms with Gasteiger partial charge in [0.15, 0.2) is 5.96 Å². The fourth-order valence-electron chi connectivity index (χ4n) is 8.14. The van der Waals surface area contributed by atoms with Gasteiger partial charge in [0.2, 0.25) is 47.3 Å². The third-order valence-electron chi connectivity index (χ3n) is 12.0. The van der Waals surface area contributed by atoms with Crippen molar-refractivity contribution >= 4 is 82.7 Å². The van der Waals surface area contributed by atoms with Gasteiger partial charge in [0.1, 0.15) is 48.3 Å². The number of aromatic nitrogens is 1. The number of para-hydroxylation sites is 1. The number of nitrogens with zero attached hydrogens (tertiary/aromatic N) is 1. The van der Waals surface area contributed by atoms with E-state index in [4.69, 9.17) is 11.5 Å². The third kappa shape index (κ3) is 20.5. The number of benzene rings is 1. The SMILES string of the molecule is CC(C)C[C@H](NC(=O)[C@H](Cc1c[nH]c2ccccc12)NC(=O)[C@H](C)NC(=O)[C@H](CCCN=C(N)N)NC(=O)[C@H](C)NC(=O)[C@H](CS)NC(=O)[C@H](CC(C)C)NC(=O)[C@H](CC(C)C)NC(=O)[C@@H]1CCCN1)C(=O)O. The number of carboxylic acid groups (broad SMARTS) is 1. The van der Waals surface area contributed by atoms with Crippen molar-refractivity contribution in [2.75, 3.05) is 18.8 Å². The molecule has 73 heavy (non-hydrogen) atoms. The Balaban J connectivity index is 1.73. The average molecular weight is 1040 g/mol. The van der Waals surface area contributed by atoms with E-state index in [-0.39, 0.29) is 74.0 Å². The van der Waals surface area contributed by atoms with Gasteiger partial charge in [-0.05, 0) is 94.7 Å². The molecule has 3 rings (SSSR count). The number of thiol groups is 1. The number of rotatable bonds is 30. The summed E-state index contributed by atoms with van der Waals surface area (Å²) in [5.41, 5.74) is 12.4. The molecule has 15 N–H and O–H groups in total. The van der Waals surface area contributed by atoms with E-state index in [1.807, 2.05) is 65.8 Å². The Kier molecular flexibility index (Phi) is 25.0. The summed E-state index contributed by atoms with van der Waals surface area (Å²) in [7, 11) is 0. The van der Waals surface area contributed by atoms with E-state index in [9.17, 15) is 48.3 Å². The Morgan fingerprint density at radius 1 is 0.644 bits per heavy atom. The van der Waals surface area contributed by atoms with Crippen molar-refractivity contribution in [1.82, 2.24) is 52.8 Å². The number of nitrogens with two attached hydrogens (primary N) is 2. The molecule has 0 bridgehead atoms. The number of nitrogens with one attached hydrogen (secondary N) is 10. The fraction of sp³-hybridized carbons (Fsp3) is 0.633. The molecule has 2 aromatic rings. The van der Waals surface area contributed by atoms with Crippen LogP contribution in [0.3, 0.4) is 0 Å². The van der Waals surface area contributed by atoms with Gasteiger partial charge in [-0.15, -0.1) is 0 Å². The zero-order valence-electron chi connectivity index (χ0n) is 43.3. The van der Waals surface area contributed by atoms with Crippen molar-refractivity contribution in [3.05, 3.63) is 36.0 Å². The molecule has 2 heterocycles. The number of carbonyl (C=O) groups excluding carboxylic acids is 8. The Morgan fingerprint density at radius 3 is 1.66 bits per heavy atom. The molecular weight excluding hydrogens is 963 g/mol. The van der Waals surface area contributed by atoms with E-state index >= 15 is 0 Å².